The molecular weight excluding hydrogens is 567 g/mol. The number of thiocarbonyl (C=S) groups is 1. The molecule has 2 aromatic carbocycles. The number of anilines is 2. The number of hydrogen-bond acceptors (Lipinski definition) is 5. The summed E-state index contributed by atoms with van der Waals surface area (Å²) < 4.78 is 5.78. The number of amides is 2. The summed E-state index contributed by atoms with van der Waals surface area (Å²) in [5.41, 5.74) is 2.28. The van der Waals surface area contributed by atoms with Crippen LogP contribution in [-0.4, -0.2) is 48.0 Å². The predicted molar refractivity (Wildman–Crippen MR) is 158 cm³/mol. The van der Waals surface area contributed by atoms with Crippen LogP contribution in [0.15, 0.2) is 59.0 Å². The topological polar surface area (TPSA) is 77.8 Å². The molecule has 11 heteroatoms. The Kier molecular flexibility index (Phi) is 9.33. The van der Waals surface area contributed by atoms with E-state index in [1.54, 1.807) is 42.5 Å². The van der Waals surface area contributed by atoms with Gasteiger partial charge in [-0.2, -0.15) is 0 Å². The van der Waals surface area contributed by atoms with E-state index in [9.17, 15) is 9.59 Å². The summed E-state index contributed by atoms with van der Waals surface area (Å²) in [6, 6.07) is 14.1. The van der Waals surface area contributed by atoms with E-state index < -0.39 is 5.91 Å². The van der Waals surface area contributed by atoms with Crippen molar-refractivity contribution in [3.63, 3.8) is 0 Å². The number of halogens is 3. The van der Waals surface area contributed by atoms with Gasteiger partial charge in [0.15, 0.2) is 5.11 Å². The van der Waals surface area contributed by atoms with Crippen LogP contribution in [-0.2, 0) is 9.59 Å². The largest absolute Gasteiger partial charge is 0.457 e. The molecule has 3 aromatic rings. The molecule has 4 rings (SSSR count). The van der Waals surface area contributed by atoms with Gasteiger partial charge in [-0.25, -0.2) is 0 Å². The number of nitrogens with zero attached hydrogens (tertiary/aromatic N) is 2. The third-order valence-corrected chi connectivity index (χ3v) is 6.77. The Morgan fingerprint density at radius 3 is 2.37 bits per heavy atom. The standard InChI is InChI=1S/C27H25Cl3N4O3S/c1-2-26(36)34-11-9-33(10-12-34)23-6-3-18(28)16-22(23)31-27(38)32-25(35)8-5-21-4-7-24(37-21)17-13-19(29)15-20(30)14-17/h3-8,13-16H,2,9-12H2,1H3,(H2,31,32,35,38)/b8-5+. The molecule has 0 radical (unpaired) electrons. The number of carbonyl (C=O) groups excluding carboxylic acids is 2. The third-order valence-electron chi connectivity index (χ3n) is 5.89. The summed E-state index contributed by atoms with van der Waals surface area (Å²) in [6.07, 6.45) is 3.36. The molecule has 0 unspecified atom stereocenters. The molecule has 38 heavy (non-hydrogen) atoms. The van der Waals surface area contributed by atoms with Crippen molar-refractivity contribution in [2.45, 2.75) is 13.3 Å². The van der Waals surface area contributed by atoms with E-state index in [-0.39, 0.29) is 11.0 Å². The average Bonchev–Trinajstić information content (AvgIpc) is 3.36. The van der Waals surface area contributed by atoms with Crippen molar-refractivity contribution in [3.8, 4) is 11.3 Å². The number of carbonyl (C=O) groups is 2. The molecule has 1 aliphatic heterocycles. The molecule has 2 N–H and O–H groups in total. The first-order chi connectivity index (χ1) is 18.2. The van der Waals surface area contributed by atoms with Crippen molar-refractivity contribution in [1.82, 2.24) is 10.2 Å². The van der Waals surface area contributed by atoms with Crippen LogP contribution in [0.5, 0.6) is 0 Å². The van der Waals surface area contributed by atoms with Crippen LogP contribution in [0, 0.1) is 0 Å². The fourth-order valence-corrected chi connectivity index (χ4v) is 4.97. The first kappa shape index (κ1) is 28.0. The van der Waals surface area contributed by atoms with Crippen molar-refractivity contribution >= 4 is 81.4 Å². The Morgan fingerprint density at radius 1 is 0.974 bits per heavy atom. The van der Waals surface area contributed by atoms with E-state index in [4.69, 9.17) is 51.4 Å². The van der Waals surface area contributed by atoms with Gasteiger partial charge in [0.1, 0.15) is 11.5 Å². The van der Waals surface area contributed by atoms with E-state index in [2.05, 4.69) is 15.5 Å². The normalized spacial score (nSPS) is 13.6. The lowest BCUT2D eigenvalue weighted by Gasteiger charge is -2.37. The zero-order chi connectivity index (χ0) is 27.2. The lowest BCUT2D eigenvalue weighted by Crippen LogP contribution is -2.48. The Bertz CT molecular complexity index is 1360. The minimum Gasteiger partial charge on any atom is -0.457 e. The number of piperazine rings is 1. The summed E-state index contributed by atoms with van der Waals surface area (Å²) in [4.78, 5) is 28.5. The number of hydrogen-bond donors (Lipinski definition) is 2. The second-order valence-corrected chi connectivity index (χ2v) is 10.2. The molecule has 2 amide bonds. The first-order valence-corrected chi connectivity index (χ1v) is 13.4. The van der Waals surface area contributed by atoms with Crippen molar-refractivity contribution in [3.05, 3.63) is 75.4 Å². The first-order valence-electron chi connectivity index (χ1n) is 11.9. The molecule has 1 aromatic heterocycles. The maximum atomic E-state index is 12.5. The predicted octanol–water partition coefficient (Wildman–Crippen LogP) is 6.49. The lowest BCUT2D eigenvalue weighted by atomic mass is 10.2. The van der Waals surface area contributed by atoms with Gasteiger partial charge in [-0.1, -0.05) is 41.7 Å². The Hall–Kier alpha value is -3.04. The van der Waals surface area contributed by atoms with Gasteiger partial charge < -0.3 is 19.5 Å². The van der Waals surface area contributed by atoms with E-state index in [0.717, 1.165) is 11.3 Å². The number of benzene rings is 2. The molecule has 0 saturated carbocycles. The lowest BCUT2D eigenvalue weighted by molar-refractivity contribution is -0.131. The second kappa shape index (κ2) is 12.7. The second-order valence-electron chi connectivity index (χ2n) is 8.52. The molecule has 1 fully saturated rings. The van der Waals surface area contributed by atoms with Crippen LogP contribution in [0.3, 0.4) is 0 Å². The van der Waals surface area contributed by atoms with Crippen molar-refractivity contribution in [2.75, 3.05) is 36.4 Å². The minimum atomic E-state index is -0.429. The van der Waals surface area contributed by atoms with Crippen LogP contribution >= 0.6 is 47.0 Å². The van der Waals surface area contributed by atoms with Crippen LogP contribution in [0.2, 0.25) is 15.1 Å². The van der Waals surface area contributed by atoms with Gasteiger partial charge in [0.2, 0.25) is 11.8 Å². The van der Waals surface area contributed by atoms with Gasteiger partial charge in [0, 0.05) is 59.3 Å². The molecule has 0 spiro atoms. The molecule has 2 heterocycles. The number of rotatable bonds is 6. The van der Waals surface area contributed by atoms with Crippen LogP contribution in [0.4, 0.5) is 11.4 Å². The number of furan rings is 1. The molecule has 7 nitrogen and oxygen atoms in total. The zero-order valence-electron chi connectivity index (χ0n) is 20.5. The van der Waals surface area contributed by atoms with E-state index in [1.807, 2.05) is 17.9 Å². The summed E-state index contributed by atoms with van der Waals surface area (Å²) in [5, 5.41) is 7.35. The highest BCUT2D eigenvalue weighted by molar-refractivity contribution is 7.80. The van der Waals surface area contributed by atoms with E-state index in [1.165, 1.54) is 12.2 Å². The smallest absolute Gasteiger partial charge is 0.250 e. The van der Waals surface area contributed by atoms with Gasteiger partial charge in [-0.3, -0.25) is 14.9 Å². The summed E-state index contributed by atoms with van der Waals surface area (Å²) in [5.74, 6) is 0.764. The molecule has 198 valence electrons. The summed E-state index contributed by atoms with van der Waals surface area (Å²) in [7, 11) is 0. The molecular formula is C27H25Cl3N4O3S. The Morgan fingerprint density at radius 2 is 1.68 bits per heavy atom. The van der Waals surface area contributed by atoms with Gasteiger partial charge in [-0.05, 0) is 66.8 Å². The minimum absolute atomic E-state index is 0.122. The molecule has 1 saturated heterocycles. The Labute approximate surface area is 241 Å². The highest BCUT2D eigenvalue weighted by atomic mass is 35.5. The zero-order valence-corrected chi connectivity index (χ0v) is 23.6. The van der Waals surface area contributed by atoms with Gasteiger partial charge in [0.05, 0.1) is 11.4 Å². The maximum Gasteiger partial charge on any atom is 0.250 e. The highest BCUT2D eigenvalue weighted by Crippen LogP contribution is 2.31. The van der Waals surface area contributed by atoms with E-state index >= 15 is 0 Å². The van der Waals surface area contributed by atoms with Crippen molar-refractivity contribution in [1.29, 1.82) is 0 Å². The quantitative estimate of drug-likeness (QED) is 0.252. The van der Waals surface area contributed by atoms with Crippen LogP contribution in [0.1, 0.15) is 19.1 Å². The fourth-order valence-electron chi connectivity index (χ4n) is 4.06. The molecule has 0 aliphatic carbocycles. The summed E-state index contributed by atoms with van der Waals surface area (Å²) in [6.45, 7) is 4.50. The number of nitrogens with one attached hydrogen (secondary N) is 2. The van der Waals surface area contributed by atoms with Crippen molar-refractivity contribution < 1.29 is 14.0 Å². The summed E-state index contributed by atoms with van der Waals surface area (Å²) >= 11 is 23.7. The fraction of sp³-hybridized carbons (Fsp3) is 0.222. The van der Waals surface area contributed by atoms with Gasteiger partial charge in [0.25, 0.3) is 0 Å². The molecule has 0 bridgehead atoms. The van der Waals surface area contributed by atoms with Crippen molar-refractivity contribution in [2.24, 2.45) is 0 Å². The van der Waals surface area contributed by atoms with E-state index in [0.29, 0.717) is 64.9 Å². The average molecular weight is 592 g/mol. The molecule has 0 atom stereocenters. The van der Waals surface area contributed by atoms with Gasteiger partial charge >= 0.3 is 0 Å². The SMILES string of the molecule is CCC(=O)N1CCN(c2ccc(Cl)cc2NC(=S)NC(=O)/C=C/c2ccc(-c3cc(Cl)cc(Cl)c3)o2)CC1. The van der Waals surface area contributed by atoms with Crippen LogP contribution < -0.4 is 15.5 Å². The van der Waals surface area contributed by atoms with Gasteiger partial charge in [-0.15, -0.1) is 0 Å². The third kappa shape index (κ3) is 7.29. The Balaban J connectivity index is 1.36. The highest BCUT2D eigenvalue weighted by Gasteiger charge is 2.22. The van der Waals surface area contributed by atoms with Crippen LogP contribution in [0.25, 0.3) is 17.4 Å². The molecule has 1 aliphatic rings. The maximum absolute atomic E-state index is 12.5. The monoisotopic (exact) mass is 590 g/mol.